The molecule has 2 aromatic rings. The summed E-state index contributed by atoms with van der Waals surface area (Å²) in [6.07, 6.45) is 0. The van der Waals surface area contributed by atoms with Crippen molar-refractivity contribution >= 4 is 29.2 Å². The molecule has 0 aliphatic carbocycles. The molecule has 0 unspecified atom stereocenters. The van der Waals surface area contributed by atoms with E-state index in [4.69, 9.17) is 0 Å². The molecule has 0 radical (unpaired) electrons. The highest BCUT2D eigenvalue weighted by molar-refractivity contribution is 6.02. The number of nitrogens with one attached hydrogen (secondary N) is 1. The van der Waals surface area contributed by atoms with Gasteiger partial charge in [0.2, 0.25) is 11.8 Å². The molecule has 0 bridgehead atoms. The molecule has 6 nitrogen and oxygen atoms in total. The second-order valence-corrected chi connectivity index (χ2v) is 5.20. The third kappa shape index (κ3) is 4.87. The summed E-state index contributed by atoms with van der Waals surface area (Å²) in [5.41, 5.74) is 1.10. The molecule has 0 saturated heterocycles. The van der Waals surface area contributed by atoms with Crippen LogP contribution in [0.25, 0.3) is 0 Å². The average molecular weight is 344 g/mol. The van der Waals surface area contributed by atoms with Gasteiger partial charge in [-0.15, -0.1) is 0 Å². The zero-order chi connectivity index (χ0) is 18.4. The number of amides is 2. The van der Waals surface area contributed by atoms with Gasteiger partial charge in [-0.1, -0.05) is 6.07 Å². The fraction of sp³-hybridized carbons (Fsp3) is 0.167. The number of halogens is 1. The van der Waals surface area contributed by atoms with Crippen LogP contribution in [0.5, 0.6) is 0 Å². The quantitative estimate of drug-likeness (QED) is 0.846. The smallest absolute Gasteiger partial charge is 0.337 e. The number of hydrogen-bond donors (Lipinski definition) is 1. The molecular formula is C18H17FN2O4. The molecular weight excluding hydrogens is 327 g/mol. The first-order chi connectivity index (χ1) is 11.9. The van der Waals surface area contributed by atoms with Gasteiger partial charge in [-0.3, -0.25) is 9.59 Å². The molecule has 2 rings (SSSR count). The van der Waals surface area contributed by atoms with Crippen molar-refractivity contribution in [1.29, 1.82) is 0 Å². The Morgan fingerprint density at radius 3 is 2.40 bits per heavy atom. The van der Waals surface area contributed by atoms with Crippen LogP contribution in [0.1, 0.15) is 17.3 Å². The van der Waals surface area contributed by atoms with Gasteiger partial charge in [0.05, 0.1) is 12.7 Å². The Morgan fingerprint density at radius 1 is 1.12 bits per heavy atom. The minimum atomic E-state index is -0.521. The standard InChI is InChI=1S/C18H17FN2O4/c1-12(22)21(16-8-6-14(19)7-9-16)11-17(23)20-15-5-3-4-13(10-15)18(24)25-2/h3-10H,11H2,1-2H3,(H,20,23). The van der Waals surface area contributed by atoms with Gasteiger partial charge >= 0.3 is 5.97 Å². The molecule has 25 heavy (non-hydrogen) atoms. The molecule has 0 aliphatic heterocycles. The maximum Gasteiger partial charge on any atom is 0.337 e. The van der Waals surface area contributed by atoms with E-state index in [1.165, 1.54) is 49.3 Å². The molecule has 2 amide bonds. The van der Waals surface area contributed by atoms with Gasteiger partial charge in [0.25, 0.3) is 0 Å². The fourth-order valence-electron chi connectivity index (χ4n) is 2.19. The van der Waals surface area contributed by atoms with E-state index in [1.54, 1.807) is 18.2 Å². The van der Waals surface area contributed by atoms with Crippen LogP contribution in [0.3, 0.4) is 0 Å². The summed E-state index contributed by atoms with van der Waals surface area (Å²) >= 11 is 0. The summed E-state index contributed by atoms with van der Waals surface area (Å²) in [5, 5.41) is 2.61. The first-order valence-electron chi connectivity index (χ1n) is 7.42. The first kappa shape index (κ1) is 18.1. The Bertz CT molecular complexity index is 790. The minimum Gasteiger partial charge on any atom is -0.465 e. The Hall–Kier alpha value is -3.22. The minimum absolute atomic E-state index is 0.247. The van der Waals surface area contributed by atoms with Crippen LogP contribution < -0.4 is 10.2 Å². The number of anilines is 2. The third-order valence-electron chi connectivity index (χ3n) is 3.39. The lowest BCUT2D eigenvalue weighted by Gasteiger charge is -2.20. The van der Waals surface area contributed by atoms with Crippen LogP contribution in [-0.2, 0) is 14.3 Å². The zero-order valence-corrected chi connectivity index (χ0v) is 13.8. The van der Waals surface area contributed by atoms with E-state index in [0.29, 0.717) is 16.9 Å². The van der Waals surface area contributed by atoms with E-state index in [-0.39, 0.29) is 12.5 Å². The highest BCUT2D eigenvalue weighted by atomic mass is 19.1. The summed E-state index contributed by atoms with van der Waals surface area (Å²) in [6, 6.07) is 11.5. The third-order valence-corrected chi connectivity index (χ3v) is 3.39. The van der Waals surface area contributed by atoms with Crippen molar-refractivity contribution in [2.24, 2.45) is 0 Å². The van der Waals surface area contributed by atoms with Crippen LogP contribution in [0.15, 0.2) is 48.5 Å². The number of carbonyl (C=O) groups excluding carboxylic acids is 3. The van der Waals surface area contributed by atoms with Gasteiger partial charge in [0, 0.05) is 18.3 Å². The molecule has 2 aromatic carbocycles. The molecule has 130 valence electrons. The van der Waals surface area contributed by atoms with E-state index in [9.17, 15) is 18.8 Å². The Kier molecular flexibility index (Phi) is 5.84. The second-order valence-electron chi connectivity index (χ2n) is 5.20. The van der Waals surface area contributed by atoms with Crippen LogP contribution >= 0.6 is 0 Å². The predicted octanol–water partition coefficient (Wildman–Crippen LogP) is 2.60. The predicted molar refractivity (Wildman–Crippen MR) is 90.8 cm³/mol. The molecule has 0 atom stereocenters. The Labute approximate surface area is 144 Å². The second kappa shape index (κ2) is 8.05. The molecule has 7 heteroatoms. The lowest BCUT2D eigenvalue weighted by atomic mass is 10.2. The van der Waals surface area contributed by atoms with Gasteiger partial charge < -0.3 is 15.0 Å². The van der Waals surface area contributed by atoms with Gasteiger partial charge in [0.15, 0.2) is 0 Å². The van der Waals surface area contributed by atoms with Crippen LogP contribution in [-0.4, -0.2) is 31.4 Å². The van der Waals surface area contributed by atoms with Crippen LogP contribution in [0.2, 0.25) is 0 Å². The van der Waals surface area contributed by atoms with E-state index < -0.39 is 17.7 Å². The van der Waals surface area contributed by atoms with Gasteiger partial charge in [-0.2, -0.15) is 0 Å². The summed E-state index contributed by atoms with van der Waals surface area (Å²) in [5.74, 6) is -1.77. The SMILES string of the molecule is COC(=O)c1cccc(NC(=O)CN(C(C)=O)c2ccc(F)cc2)c1. The van der Waals surface area contributed by atoms with Crippen molar-refractivity contribution in [3.63, 3.8) is 0 Å². The largest absolute Gasteiger partial charge is 0.465 e. The number of benzene rings is 2. The van der Waals surface area contributed by atoms with Crippen molar-refractivity contribution in [3.8, 4) is 0 Å². The summed E-state index contributed by atoms with van der Waals surface area (Å²) in [4.78, 5) is 36.7. The molecule has 1 N–H and O–H groups in total. The highest BCUT2D eigenvalue weighted by Crippen LogP contribution is 2.16. The molecule has 0 fully saturated rings. The number of rotatable bonds is 5. The van der Waals surface area contributed by atoms with Crippen LogP contribution in [0.4, 0.5) is 15.8 Å². The van der Waals surface area contributed by atoms with Crippen molar-refractivity contribution in [2.75, 3.05) is 23.9 Å². The van der Waals surface area contributed by atoms with E-state index >= 15 is 0 Å². The van der Waals surface area contributed by atoms with Crippen molar-refractivity contribution in [3.05, 3.63) is 59.9 Å². The number of ether oxygens (including phenoxy) is 1. The lowest BCUT2D eigenvalue weighted by Crippen LogP contribution is -2.36. The maximum absolute atomic E-state index is 13.0. The highest BCUT2D eigenvalue weighted by Gasteiger charge is 2.16. The number of nitrogens with zero attached hydrogens (tertiary/aromatic N) is 1. The van der Waals surface area contributed by atoms with Crippen molar-refractivity contribution < 1.29 is 23.5 Å². The number of methoxy groups -OCH3 is 1. The Balaban J connectivity index is 2.10. The topological polar surface area (TPSA) is 75.7 Å². The van der Waals surface area contributed by atoms with E-state index in [2.05, 4.69) is 10.1 Å². The summed E-state index contributed by atoms with van der Waals surface area (Å²) in [6.45, 7) is 1.07. The first-order valence-corrected chi connectivity index (χ1v) is 7.42. The number of hydrogen-bond acceptors (Lipinski definition) is 4. The number of esters is 1. The van der Waals surface area contributed by atoms with Gasteiger partial charge in [0.1, 0.15) is 12.4 Å². The normalized spacial score (nSPS) is 10.0. The molecule has 0 saturated carbocycles. The summed E-state index contributed by atoms with van der Waals surface area (Å²) < 4.78 is 17.6. The van der Waals surface area contributed by atoms with E-state index in [0.717, 1.165) is 0 Å². The molecule has 0 aromatic heterocycles. The Morgan fingerprint density at radius 2 is 1.80 bits per heavy atom. The molecule has 0 heterocycles. The van der Waals surface area contributed by atoms with Gasteiger partial charge in [-0.05, 0) is 42.5 Å². The van der Waals surface area contributed by atoms with Crippen molar-refractivity contribution in [1.82, 2.24) is 0 Å². The summed E-state index contributed by atoms with van der Waals surface area (Å²) in [7, 11) is 1.26. The fourth-order valence-corrected chi connectivity index (χ4v) is 2.19. The van der Waals surface area contributed by atoms with E-state index in [1.807, 2.05) is 0 Å². The van der Waals surface area contributed by atoms with Gasteiger partial charge in [-0.25, -0.2) is 9.18 Å². The maximum atomic E-state index is 13.0. The number of carbonyl (C=O) groups is 3. The monoisotopic (exact) mass is 344 g/mol. The molecule has 0 aliphatic rings. The lowest BCUT2D eigenvalue weighted by molar-refractivity contribution is -0.120. The van der Waals surface area contributed by atoms with Crippen LogP contribution in [0, 0.1) is 5.82 Å². The molecule has 0 spiro atoms. The average Bonchev–Trinajstić information content (AvgIpc) is 2.60. The van der Waals surface area contributed by atoms with Crippen molar-refractivity contribution in [2.45, 2.75) is 6.92 Å². The zero-order valence-electron chi connectivity index (χ0n) is 13.8.